The topological polar surface area (TPSA) is 29.5 Å². The molecular weight excluding hydrogens is 214 g/mol. The van der Waals surface area contributed by atoms with Gasteiger partial charge < -0.3 is 9.53 Å². The first kappa shape index (κ1) is 13.0. The first-order chi connectivity index (χ1) is 8.15. The third-order valence-corrected chi connectivity index (χ3v) is 4.50. The fraction of sp³-hybridized carbons (Fsp3) is 0.929. The van der Waals surface area contributed by atoms with Crippen LogP contribution in [0.25, 0.3) is 0 Å². The Hall–Kier alpha value is -0.410. The van der Waals surface area contributed by atoms with Crippen LogP contribution >= 0.6 is 0 Å². The lowest BCUT2D eigenvalue weighted by molar-refractivity contribution is -0.124. The van der Waals surface area contributed by atoms with Crippen molar-refractivity contribution in [2.45, 2.75) is 45.6 Å². The number of ether oxygens (including phenoxy) is 1. The number of likely N-dealkylation sites (tertiary alicyclic amines) is 1. The predicted molar refractivity (Wildman–Crippen MR) is 68.0 cm³/mol. The molecule has 2 aliphatic heterocycles. The summed E-state index contributed by atoms with van der Waals surface area (Å²) in [5, 5.41) is 0. The van der Waals surface area contributed by atoms with Gasteiger partial charge in [0, 0.05) is 37.8 Å². The van der Waals surface area contributed by atoms with Crippen LogP contribution in [-0.2, 0) is 9.53 Å². The molecule has 2 unspecified atom stereocenters. The van der Waals surface area contributed by atoms with Crippen molar-refractivity contribution in [1.82, 2.24) is 4.90 Å². The third kappa shape index (κ3) is 3.08. The summed E-state index contributed by atoms with van der Waals surface area (Å²) in [6.07, 6.45) is 5.59. The van der Waals surface area contributed by atoms with Gasteiger partial charge in [0.05, 0.1) is 0 Å². The van der Waals surface area contributed by atoms with Crippen molar-refractivity contribution in [3.8, 4) is 0 Å². The summed E-state index contributed by atoms with van der Waals surface area (Å²) in [4.78, 5) is 14.0. The average Bonchev–Trinajstić information content (AvgIpc) is 2.35. The maximum Gasteiger partial charge on any atom is 0.127 e. The van der Waals surface area contributed by atoms with Gasteiger partial charge in [0.1, 0.15) is 6.29 Å². The molecule has 17 heavy (non-hydrogen) atoms. The first-order valence-corrected chi connectivity index (χ1v) is 6.93. The molecule has 2 rings (SSSR count). The molecule has 0 aromatic heterocycles. The van der Waals surface area contributed by atoms with E-state index in [9.17, 15) is 4.79 Å². The van der Waals surface area contributed by atoms with Gasteiger partial charge in [0.2, 0.25) is 0 Å². The molecule has 2 aliphatic rings. The van der Waals surface area contributed by atoms with Gasteiger partial charge in [-0.2, -0.15) is 0 Å². The Morgan fingerprint density at radius 1 is 1.29 bits per heavy atom. The Balaban J connectivity index is 1.99. The van der Waals surface area contributed by atoms with Gasteiger partial charge in [-0.1, -0.05) is 6.92 Å². The molecule has 3 heteroatoms. The van der Waals surface area contributed by atoms with Crippen LogP contribution in [-0.4, -0.2) is 43.5 Å². The van der Waals surface area contributed by atoms with Crippen LogP contribution in [0, 0.1) is 11.3 Å². The van der Waals surface area contributed by atoms with Gasteiger partial charge in [-0.05, 0) is 38.5 Å². The smallest absolute Gasteiger partial charge is 0.127 e. The van der Waals surface area contributed by atoms with Crippen LogP contribution in [0.1, 0.15) is 39.5 Å². The van der Waals surface area contributed by atoms with Crippen LogP contribution < -0.4 is 0 Å². The second-order valence-corrected chi connectivity index (χ2v) is 6.05. The highest BCUT2D eigenvalue weighted by Gasteiger charge is 2.36. The first-order valence-electron chi connectivity index (χ1n) is 6.93. The maximum atomic E-state index is 11.5. The summed E-state index contributed by atoms with van der Waals surface area (Å²) in [6.45, 7) is 8.19. The minimum absolute atomic E-state index is 0.135. The van der Waals surface area contributed by atoms with E-state index in [0.717, 1.165) is 45.1 Å². The Kier molecular flexibility index (Phi) is 4.21. The highest BCUT2D eigenvalue weighted by atomic mass is 16.5. The number of carbonyl (C=O) groups is 1. The maximum absolute atomic E-state index is 11.5. The second-order valence-electron chi connectivity index (χ2n) is 6.05. The molecule has 0 aliphatic carbocycles. The SMILES string of the molecule is CC1CCC(C)N(CC2(C=O)CCOCC2)C1. The fourth-order valence-electron chi connectivity index (χ4n) is 3.10. The third-order valence-electron chi connectivity index (χ3n) is 4.50. The van der Waals surface area contributed by atoms with Crippen molar-refractivity contribution in [3.05, 3.63) is 0 Å². The zero-order valence-electron chi connectivity index (χ0n) is 11.2. The molecule has 0 amide bonds. The molecule has 0 aromatic carbocycles. The summed E-state index contributed by atoms with van der Waals surface area (Å²) in [5.74, 6) is 0.773. The average molecular weight is 239 g/mol. The van der Waals surface area contributed by atoms with E-state index in [1.54, 1.807) is 0 Å². The Morgan fingerprint density at radius 2 is 2.00 bits per heavy atom. The van der Waals surface area contributed by atoms with Crippen LogP contribution in [0.4, 0.5) is 0 Å². The monoisotopic (exact) mass is 239 g/mol. The van der Waals surface area contributed by atoms with E-state index in [-0.39, 0.29) is 5.41 Å². The van der Waals surface area contributed by atoms with Gasteiger partial charge in [-0.3, -0.25) is 4.90 Å². The molecule has 3 nitrogen and oxygen atoms in total. The molecule has 0 spiro atoms. The Labute approximate surface area is 105 Å². The molecule has 2 heterocycles. The summed E-state index contributed by atoms with van der Waals surface area (Å²) < 4.78 is 5.39. The van der Waals surface area contributed by atoms with Crippen molar-refractivity contribution in [2.75, 3.05) is 26.3 Å². The molecule has 0 saturated carbocycles. The van der Waals surface area contributed by atoms with Crippen molar-refractivity contribution in [3.63, 3.8) is 0 Å². The number of hydrogen-bond acceptors (Lipinski definition) is 3. The van der Waals surface area contributed by atoms with Gasteiger partial charge in [-0.25, -0.2) is 0 Å². The molecule has 0 bridgehead atoms. The molecule has 98 valence electrons. The molecule has 0 N–H and O–H groups in total. The number of carbonyl (C=O) groups excluding carboxylic acids is 1. The van der Waals surface area contributed by atoms with Crippen LogP contribution in [0.15, 0.2) is 0 Å². The molecule has 0 aromatic rings. The van der Waals surface area contributed by atoms with E-state index in [0.29, 0.717) is 6.04 Å². The molecule has 0 radical (unpaired) electrons. The van der Waals surface area contributed by atoms with Gasteiger partial charge in [-0.15, -0.1) is 0 Å². The molecule has 2 saturated heterocycles. The van der Waals surface area contributed by atoms with Crippen molar-refractivity contribution in [2.24, 2.45) is 11.3 Å². The zero-order chi connectivity index (χ0) is 12.3. The van der Waals surface area contributed by atoms with Crippen molar-refractivity contribution in [1.29, 1.82) is 0 Å². The summed E-state index contributed by atoms with van der Waals surface area (Å²) >= 11 is 0. The largest absolute Gasteiger partial charge is 0.381 e. The minimum atomic E-state index is -0.135. The summed E-state index contributed by atoms with van der Waals surface area (Å²) in [7, 11) is 0. The normalized spacial score (nSPS) is 34.5. The number of piperidine rings is 1. The van der Waals surface area contributed by atoms with Gasteiger partial charge in [0.25, 0.3) is 0 Å². The highest BCUT2D eigenvalue weighted by molar-refractivity contribution is 5.60. The van der Waals surface area contributed by atoms with Crippen LogP contribution in [0.5, 0.6) is 0 Å². The lowest BCUT2D eigenvalue weighted by atomic mass is 9.80. The highest BCUT2D eigenvalue weighted by Crippen LogP contribution is 2.32. The van der Waals surface area contributed by atoms with Crippen LogP contribution in [0.3, 0.4) is 0 Å². The Morgan fingerprint density at radius 3 is 2.65 bits per heavy atom. The zero-order valence-corrected chi connectivity index (χ0v) is 11.2. The lowest BCUT2D eigenvalue weighted by Gasteiger charge is -2.43. The molecule has 2 fully saturated rings. The standard InChI is InChI=1S/C14H25NO2/c1-12-3-4-13(2)15(9-12)10-14(11-16)5-7-17-8-6-14/h11-13H,3-10H2,1-2H3. The number of hydrogen-bond donors (Lipinski definition) is 0. The second kappa shape index (κ2) is 5.49. The van der Waals surface area contributed by atoms with E-state index in [4.69, 9.17) is 4.74 Å². The van der Waals surface area contributed by atoms with Gasteiger partial charge >= 0.3 is 0 Å². The van der Waals surface area contributed by atoms with E-state index < -0.39 is 0 Å². The predicted octanol–water partition coefficient (Wildman–Crippen LogP) is 2.10. The molecular formula is C14H25NO2. The van der Waals surface area contributed by atoms with E-state index in [1.165, 1.54) is 19.1 Å². The Bertz CT molecular complexity index is 261. The van der Waals surface area contributed by atoms with Gasteiger partial charge in [0.15, 0.2) is 0 Å². The van der Waals surface area contributed by atoms with Crippen molar-refractivity contribution < 1.29 is 9.53 Å². The number of nitrogens with zero attached hydrogens (tertiary/aromatic N) is 1. The quantitative estimate of drug-likeness (QED) is 0.706. The lowest BCUT2D eigenvalue weighted by Crippen LogP contribution is -2.49. The minimum Gasteiger partial charge on any atom is -0.381 e. The summed E-state index contributed by atoms with van der Waals surface area (Å²) in [6, 6.07) is 0.630. The number of aldehydes is 1. The summed E-state index contributed by atoms with van der Waals surface area (Å²) in [5.41, 5.74) is -0.135. The molecule has 2 atom stereocenters. The van der Waals surface area contributed by atoms with E-state index in [1.807, 2.05) is 0 Å². The van der Waals surface area contributed by atoms with E-state index >= 15 is 0 Å². The van der Waals surface area contributed by atoms with Crippen LogP contribution in [0.2, 0.25) is 0 Å². The number of rotatable bonds is 3. The van der Waals surface area contributed by atoms with Crippen molar-refractivity contribution >= 4 is 6.29 Å². The van der Waals surface area contributed by atoms with E-state index in [2.05, 4.69) is 18.7 Å². The fourth-order valence-corrected chi connectivity index (χ4v) is 3.10.